The Kier molecular flexibility index (Phi) is 4.89. The first-order valence-electron chi connectivity index (χ1n) is 9.02. The third kappa shape index (κ3) is 3.64. The molecule has 4 rings (SSSR count). The van der Waals surface area contributed by atoms with Crippen LogP contribution in [0.4, 0.5) is 5.69 Å². The van der Waals surface area contributed by atoms with E-state index in [1.807, 2.05) is 43.3 Å². The third-order valence-electron chi connectivity index (χ3n) is 4.30. The van der Waals surface area contributed by atoms with Crippen LogP contribution >= 0.6 is 0 Å². The first-order chi connectivity index (χ1) is 13.6. The summed E-state index contributed by atoms with van der Waals surface area (Å²) in [4.78, 5) is 17.0. The molecular weight excluding hydrogens is 360 g/mol. The van der Waals surface area contributed by atoms with Crippen molar-refractivity contribution in [3.63, 3.8) is 0 Å². The molecule has 0 aliphatic carbocycles. The van der Waals surface area contributed by atoms with Gasteiger partial charge < -0.3 is 23.9 Å². The monoisotopic (exact) mass is 380 g/mol. The molecule has 144 valence electrons. The molecule has 2 heterocycles. The number of aryl methyl sites for hydroxylation is 1. The number of amides is 1. The highest BCUT2D eigenvalue weighted by molar-refractivity contribution is 5.93. The molecule has 2 aromatic carbocycles. The van der Waals surface area contributed by atoms with E-state index >= 15 is 0 Å². The van der Waals surface area contributed by atoms with Gasteiger partial charge in [0, 0.05) is 5.56 Å². The Bertz CT molecular complexity index is 1010. The van der Waals surface area contributed by atoms with E-state index in [2.05, 4.69) is 10.3 Å². The molecule has 3 aromatic rings. The van der Waals surface area contributed by atoms with Crippen LogP contribution in [0, 0.1) is 6.92 Å². The average molecular weight is 380 g/mol. The van der Waals surface area contributed by atoms with Crippen molar-refractivity contribution >= 4 is 11.6 Å². The fourth-order valence-electron chi connectivity index (χ4n) is 2.94. The molecule has 1 amide bonds. The third-order valence-corrected chi connectivity index (χ3v) is 4.30. The summed E-state index contributed by atoms with van der Waals surface area (Å²) in [6.45, 7) is 4.42. The lowest BCUT2D eigenvalue weighted by molar-refractivity contribution is -0.115. The van der Waals surface area contributed by atoms with Crippen LogP contribution in [0.5, 0.6) is 17.2 Å². The van der Waals surface area contributed by atoms with Crippen LogP contribution in [0.25, 0.3) is 11.5 Å². The number of oxazole rings is 1. The number of ether oxygens (including phenoxy) is 3. The molecule has 0 bridgehead atoms. The Morgan fingerprint density at radius 3 is 2.86 bits per heavy atom. The zero-order chi connectivity index (χ0) is 19.5. The number of nitrogens with one attached hydrogen (secondary N) is 1. The van der Waals surface area contributed by atoms with Crippen molar-refractivity contribution in [1.82, 2.24) is 4.98 Å². The van der Waals surface area contributed by atoms with Gasteiger partial charge in [-0.25, -0.2) is 4.98 Å². The number of carbonyl (C=O) groups is 1. The number of carbonyl (C=O) groups excluding carboxylic acids is 1. The minimum atomic E-state index is -0.194. The molecule has 0 fully saturated rings. The van der Waals surface area contributed by atoms with Gasteiger partial charge in [-0.15, -0.1) is 0 Å². The zero-order valence-corrected chi connectivity index (χ0v) is 15.7. The van der Waals surface area contributed by atoms with Crippen LogP contribution in [0.15, 0.2) is 46.9 Å². The number of para-hydroxylation sites is 2. The van der Waals surface area contributed by atoms with Gasteiger partial charge in [0.25, 0.3) is 0 Å². The SMILES string of the molecule is CCOc1ccccc1NC(=O)Cc1nc(-c2ccc3c(c2)OCO3)oc1C. The molecular formula is C21H20N2O5. The van der Waals surface area contributed by atoms with Crippen LogP contribution in [0.1, 0.15) is 18.4 Å². The Hall–Kier alpha value is -3.48. The highest BCUT2D eigenvalue weighted by Crippen LogP contribution is 2.36. The second-order valence-corrected chi connectivity index (χ2v) is 6.24. The van der Waals surface area contributed by atoms with Crippen LogP contribution in [0.2, 0.25) is 0 Å². The van der Waals surface area contributed by atoms with Crippen LogP contribution in [-0.4, -0.2) is 24.3 Å². The molecule has 0 saturated heterocycles. The number of benzene rings is 2. The average Bonchev–Trinajstić information content (AvgIpc) is 3.29. The Morgan fingerprint density at radius 1 is 1.18 bits per heavy atom. The summed E-state index contributed by atoms with van der Waals surface area (Å²) in [6.07, 6.45) is 0.0976. The molecule has 1 N–H and O–H groups in total. The molecule has 1 aliphatic heterocycles. The second kappa shape index (κ2) is 7.64. The van der Waals surface area contributed by atoms with Crippen molar-refractivity contribution in [3.8, 4) is 28.7 Å². The van der Waals surface area contributed by atoms with Gasteiger partial charge in [-0.1, -0.05) is 12.1 Å². The molecule has 7 nitrogen and oxygen atoms in total. The van der Waals surface area contributed by atoms with Gasteiger partial charge in [0.2, 0.25) is 18.6 Å². The molecule has 0 saturated carbocycles. The Labute approximate surface area is 162 Å². The molecule has 1 aromatic heterocycles. The highest BCUT2D eigenvalue weighted by Gasteiger charge is 2.19. The van der Waals surface area contributed by atoms with E-state index in [9.17, 15) is 4.79 Å². The fourth-order valence-corrected chi connectivity index (χ4v) is 2.94. The lowest BCUT2D eigenvalue weighted by Crippen LogP contribution is -2.16. The lowest BCUT2D eigenvalue weighted by Gasteiger charge is -2.10. The van der Waals surface area contributed by atoms with Gasteiger partial charge in [0.15, 0.2) is 11.5 Å². The van der Waals surface area contributed by atoms with Crippen molar-refractivity contribution in [2.45, 2.75) is 20.3 Å². The molecule has 28 heavy (non-hydrogen) atoms. The van der Waals surface area contributed by atoms with Gasteiger partial charge in [0.05, 0.1) is 24.4 Å². The highest BCUT2D eigenvalue weighted by atomic mass is 16.7. The molecule has 0 spiro atoms. The van der Waals surface area contributed by atoms with E-state index in [-0.39, 0.29) is 19.1 Å². The van der Waals surface area contributed by atoms with E-state index in [0.29, 0.717) is 46.9 Å². The quantitative estimate of drug-likeness (QED) is 0.697. The lowest BCUT2D eigenvalue weighted by atomic mass is 10.2. The summed E-state index contributed by atoms with van der Waals surface area (Å²) in [5.41, 5.74) is 1.98. The number of fused-ring (bicyclic) bond motifs is 1. The summed E-state index contributed by atoms with van der Waals surface area (Å²) < 4.78 is 22.0. The van der Waals surface area contributed by atoms with Crippen molar-refractivity contribution in [2.24, 2.45) is 0 Å². The van der Waals surface area contributed by atoms with E-state index in [4.69, 9.17) is 18.6 Å². The number of aromatic nitrogens is 1. The maximum Gasteiger partial charge on any atom is 0.231 e. The standard InChI is InChI=1S/C21H20N2O5/c1-3-25-17-7-5-4-6-15(17)22-20(24)11-16-13(2)28-21(23-16)14-8-9-18-19(10-14)27-12-26-18/h4-10H,3,11-12H2,1-2H3,(H,22,24). The van der Waals surface area contributed by atoms with Crippen molar-refractivity contribution in [3.05, 3.63) is 53.9 Å². The van der Waals surface area contributed by atoms with E-state index < -0.39 is 0 Å². The number of hydrogen-bond acceptors (Lipinski definition) is 6. The summed E-state index contributed by atoms with van der Waals surface area (Å²) in [5, 5.41) is 2.87. The Morgan fingerprint density at radius 2 is 2.00 bits per heavy atom. The second-order valence-electron chi connectivity index (χ2n) is 6.24. The predicted molar refractivity (Wildman–Crippen MR) is 103 cm³/mol. The maximum absolute atomic E-state index is 12.5. The molecule has 1 aliphatic rings. The first kappa shape index (κ1) is 17.9. The van der Waals surface area contributed by atoms with Gasteiger partial charge >= 0.3 is 0 Å². The summed E-state index contributed by atoms with van der Waals surface area (Å²) >= 11 is 0. The molecule has 0 atom stereocenters. The summed E-state index contributed by atoms with van der Waals surface area (Å²) in [6, 6.07) is 12.8. The number of hydrogen-bond donors (Lipinski definition) is 1. The smallest absolute Gasteiger partial charge is 0.231 e. The van der Waals surface area contributed by atoms with Crippen LogP contribution < -0.4 is 19.5 Å². The summed E-state index contributed by atoms with van der Waals surface area (Å²) in [7, 11) is 0. The Balaban J connectivity index is 1.49. The van der Waals surface area contributed by atoms with Gasteiger partial charge in [0.1, 0.15) is 11.5 Å². The number of rotatable bonds is 6. The van der Waals surface area contributed by atoms with Crippen LogP contribution in [-0.2, 0) is 11.2 Å². The largest absolute Gasteiger partial charge is 0.492 e. The number of anilines is 1. The maximum atomic E-state index is 12.5. The molecule has 0 unspecified atom stereocenters. The van der Waals surface area contributed by atoms with Crippen molar-refractivity contribution in [1.29, 1.82) is 0 Å². The molecule has 7 heteroatoms. The zero-order valence-electron chi connectivity index (χ0n) is 15.7. The predicted octanol–water partition coefficient (Wildman–Crippen LogP) is 3.96. The fraction of sp³-hybridized carbons (Fsp3) is 0.238. The van der Waals surface area contributed by atoms with Gasteiger partial charge in [-0.3, -0.25) is 4.79 Å². The minimum Gasteiger partial charge on any atom is -0.492 e. The van der Waals surface area contributed by atoms with E-state index in [1.165, 1.54) is 0 Å². The topological polar surface area (TPSA) is 82.8 Å². The van der Waals surface area contributed by atoms with E-state index in [0.717, 1.165) is 5.56 Å². The minimum absolute atomic E-state index is 0.0976. The van der Waals surface area contributed by atoms with Crippen LogP contribution in [0.3, 0.4) is 0 Å². The van der Waals surface area contributed by atoms with Crippen molar-refractivity contribution in [2.75, 3.05) is 18.7 Å². The van der Waals surface area contributed by atoms with Crippen molar-refractivity contribution < 1.29 is 23.4 Å². The van der Waals surface area contributed by atoms with E-state index in [1.54, 1.807) is 13.0 Å². The molecule has 0 radical (unpaired) electrons. The van der Waals surface area contributed by atoms with Gasteiger partial charge in [-0.2, -0.15) is 0 Å². The van der Waals surface area contributed by atoms with Gasteiger partial charge in [-0.05, 0) is 44.2 Å². The summed E-state index contributed by atoms with van der Waals surface area (Å²) in [5.74, 6) is 2.83. The normalized spacial score (nSPS) is 12.1. The number of nitrogens with zero attached hydrogens (tertiary/aromatic N) is 1. The first-order valence-corrected chi connectivity index (χ1v) is 9.02.